The van der Waals surface area contributed by atoms with Crippen LogP contribution in [-0.2, 0) is 0 Å². The van der Waals surface area contributed by atoms with Crippen LogP contribution in [0.4, 0.5) is 5.69 Å². The van der Waals surface area contributed by atoms with E-state index in [0.29, 0.717) is 16.5 Å². The fraction of sp³-hybridized carbons (Fsp3) is 0.0714. The number of nitrogen functional groups attached to an aromatic ring is 1. The van der Waals surface area contributed by atoms with Gasteiger partial charge in [-0.05, 0) is 63.1 Å². The van der Waals surface area contributed by atoms with Gasteiger partial charge in [0.25, 0.3) is 0 Å². The molecule has 21 heavy (non-hydrogen) atoms. The molecule has 0 radical (unpaired) electrons. The van der Waals surface area contributed by atoms with Gasteiger partial charge in [0.2, 0.25) is 0 Å². The van der Waals surface area contributed by atoms with E-state index in [-0.39, 0.29) is 0 Å². The molecule has 0 spiro atoms. The molecule has 1 heterocycles. The van der Waals surface area contributed by atoms with E-state index in [9.17, 15) is 0 Å². The molecule has 0 atom stereocenters. The van der Waals surface area contributed by atoms with Gasteiger partial charge in [-0.25, -0.2) is 0 Å². The van der Waals surface area contributed by atoms with Gasteiger partial charge in [0.05, 0.1) is 5.69 Å². The molecule has 3 rings (SSSR count). The first-order valence-electron chi connectivity index (χ1n) is 6.16. The zero-order valence-electron chi connectivity index (χ0n) is 11.1. The average Bonchev–Trinajstić information content (AvgIpc) is 2.92. The Bertz CT molecular complexity index is 815. The van der Waals surface area contributed by atoms with Crippen molar-refractivity contribution >= 4 is 33.2 Å². The van der Waals surface area contributed by atoms with Crippen molar-refractivity contribution in [2.75, 3.05) is 5.73 Å². The molecule has 0 aliphatic heterocycles. The number of hydrogen-bond acceptors (Lipinski definition) is 4. The highest BCUT2D eigenvalue weighted by molar-refractivity contribution is 9.10. The Labute approximate surface area is 134 Å². The van der Waals surface area contributed by atoms with Gasteiger partial charge in [0, 0.05) is 20.7 Å². The smallest absolute Gasteiger partial charge is 0.187 e. The summed E-state index contributed by atoms with van der Waals surface area (Å²) in [7, 11) is 0. The topological polar surface area (TPSA) is 69.6 Å². The third-order valence-electron chi connectivity index (χ3n) is 3.07. The average molecular weight is 365 g/mol. The number of halogens is 2. The van der Waals surface area contributed by atoms with Crippen molar-refractivity contribution in [3.8, 4) is 17.1 Å². The Morgan fingerprint density at radius 3 is 2.81 bits per heavy atom. The van der Waals surface area contributed by atoms with E-state index in [2.05, 4.69) is 31.5 Å². The van der Waals surface area contributed by atoms with E-state index in [1.165, 1.54) is 0 Å². The summed E-state index contributed by atoms with van der Waals surface area (Å²) in [5.41, 5.74) is 9.06. The summed E-state index contributed by atoms with van der Waals surface area (Å²) in [6.45, 7) is 1.94. The lowest BCUT2D eigenvalue weighted by atomic mass is 10.2. The van der Waals surface area contributed by atoms with Gasteiger partial charge < -0.3 is 5.73 Å². The van der Waals surface area contributed by atoms with Gasteiger partial charge in [0.1, 0.15) is 0 Å². The minimum absolute atomic E-state index is 0.600. The zero-order chi connectivity index (χ0) is 15.0. The molecular weight excluding hydrogens is 354 g/mol. The predicted octanol–water partition coefficient (Wildman–Crippen LogP) is 3.64. The van der Waals surface area contributed by atoms with E-state index in [1.54, 1.807) is 4.68 Å². The number of aromatic nitrogens is 4. The molecule has 0 bridgehead atoms. The van der Waals surface area contributed by atoms with Crippen LogP contribution in [0.3, 0.4) is 0 Å². The molecule has 7 heteroatoms. The normalized spacial score (nSPS) is 10.8. The van der Waals surface area contributed by atoms with E-state index in [1.807, 2.05) is 43.3 Å². The number of benzene rings is 2. The van der Waals surface area contributed by atoms with Gasteiger partial charge in [-0.15, -0.1) is 5.10 Å². The van der Waals surface area contributed by atoms with Crippen molar-refractivity contribution in [1.82, 2.24) is 20.2 Å². The Balaban J connectivity index is 2.18. The summed E-state index contributed by atoms with van der Waals surface area (Å²) in [5, 5.41) is 12.5. The van der Waals surface area contributed by atoms with Crippen LogP contribution >= 0.6 is 27.5 Å². The van der Waals surface area contributed by atoms with E-state index < -0.39 is 0 Å². The van der Waals surface area contributed by atoms with Gasteiger partial charge in [-0.3, -0.25) is 0 Å². The number of nitrogens with zero attached hydrogens (tertiary/aromatic N) is 4. The second-order valence-corrected chi connectivity index (χ2v) is 5.85. The number of rotatable bonds is 2. The first-order chi connectivity index (χ1) is 10.1. The molecule has 0 aliphatic rings. The molecule has 0 unspecified atom stereocenters. The minimum atomic E-state index is 0.600. The summed E-state index contributed by atoms with van der Waals surface area (Å²) in [5.74, 6) is 0.600. The van der Waals surface area contributed by atoms with E-state index >= 15 is 0 Å². The number of nitrogens with two attached hydrogens (primary N) is 1. The third kappa shape index (κ3) is 2.64. The van der Waals surface area contributed by atoms with Gasteiger partial charge in [-0.2, -0.15) is 4.68 Å². The van der Waals surface area contributed by atoms with E-state index in [4.69, 9.17) is 17.3 Å². The first-order valence-corrected chi connectivity index (χ1v) is 7.33. The van der Waals surface area contributed by atoms with Crippen LogP contribution in [0.2, 0.25) is 5.02 Å². The largest absolute Gasteiger partial charge is 0.399 e. The van der Waals surface area contributed by atoms with Crippen molar-refractivity contribution in [3.05, 3.63) is 51.5 Å². The Kier molecular flexibility index (Phi) is 3.65. The Morgan fingerprint density at radius 2 is 2.05 bits per heavy atom. The highest BCUT2D eigenvalue weighted by atomic mass is 79.9. The number of aryl methyl sites for hydroxylation is 1. The summed E-state index contributed by atoms with van der Waals surface area (Å²) in [6, 6.07) is 11.2. The van der Waals surface area contributed by atoms with Crippen LogP contribution in [0, 0.1) is 6.92 Å². The maximum Gasteiger partial charge on any atom is 0.187 e. The molecule has 0 saturated carbocycles. The van der Waals surface area contributed by atoms with Crippen LogP contribution in [0.1, 0.15) is 5.56 Å². The monoisotopic (exact) mass is 363 g/mol. The molecule has 0 fully saturated rings. The van der Waals surface area contributed by atoms with Gasteiger partial charge in [0.15, 0.2) is 5.82 Å². The molecule has 0 saturated heterocycles. The fourth-order valence-electron chi connectivity index (χ4n) is 2.01. The second-order valence-electron chi connectivity index (χ2n) is 4.59. The predicted molar refractivity (Wildman–Crippen MR) is 86.4 cm³/mol. The Hall–Kier alpha value is -1.92. The first kappa shape index (κ1) is 14.0. The summed E-state index contributed by atoms with van der Waals surface area (Å²) in [4.78, 5) is 0. The van der Waals surface area contributed by atoms with Crippen LogP contribution in [0.25, 0.3) is 17.1 Å². The number of hydrogen-bond donors (Lipinski definition) is 1. The van der Waals surface area contributed by atoms with Crippen molar-refractivity contribution < 1.29 is 0 Å². The van der Waals surface area contributed by atoms with Crippen molar-refractivity contribution in [1.29, 1.82) is 0 Å². The maximum absolute atomic E-state index is 6.20. The molecule has 1 aromatic heterocycles. The van der Waals surface area contributed by atoms with Crippen LogP contribution < -0.4 is 5.73 Å². The van der Waals surface area contributed by atoms with Crippen molar-refractivity contribution in [3.63, 3.8) is 0 Å². The maximum atomic E-state index is 6.20. The van der Waals surface area contributed by atoms with Gasteiger partial charge in [-0.1, -0.05) is 23.7 Å². The molecule has 0 aliphatic carbocycles. The zero-order valence-corrected chi connectivity index (χ0v) is 13.4. The molecule has 2 N–H and O–H groups in total. The lowest BCUT2D eigenvalue weighted by Gasteiger charge is -2.09. The molecule has 5 nitrogen and oxygen atoms in total. The molecule has 106 valence electrons. The molecular formula is C14H11BrClN5. The lowest BCUT2D eigenvalue weighted by Crippen LogP contribution is -2.02. The quantitative estimate of drug-likeness (QED) is 0.705. The lowest BCUT2D eigenvalue weighted by molar-refractivity contribution is 0.788. The Morgan fingerprint density at radius 1 is 1.24 bits per heavy atom. The van der Waals surface area contributed by atoms with Crippen LogP contribution in [0.5, 0.6) is 0 Å². The third-order valence-corrected chi connectivity index (χ3v) is 4.11. The summed E-state index contributed by atoms with van der Waals surface area (Å²) in [6.07, 6.45) is 0. The minimum Gasteiger partial charge on any atom is -0.399 e. The highest BCUT2D eigenvalue weighted by Crippen LogP contribution is 2.30. The number of tetrazole rings is 1. The summed E-state index contributed by atoms with van der Waals surface area (Å²) < 4.78 is 2.49. The second kappa shape index (κ2) is 5.46. The fourth-order valence-corrected chi connectivity index (χ4v) is 2.79. The standard InChI is InChI=1S/C14H11BrClN5/c1-8-5-11(15)13(7-12(8)16)21-14(18-19-20-21)9-3-2-4-10(17)6-9/h2-7H,17H2,1H3. The van der Waals surface area contributed by atoms with Crippen LogP contribution in [0.15, 0.2) is 40.9 Å². The molecule has 3 aromatic rings. The molecule has 2 aromatic carbocycles. The van der Waals surface area contributed by atoms with Gasteiger partial charge >= 0.3 is 0 Å². The SMILES string of the molecule is Cc1cc(Br)c(-n2nnnc2-c2cccc(N)c2)cc1Cl. The molecule has 0 amide bonds. The van der Waals surface area contributed by atoms with Crippen LogP contribution in [-0.4, -0.2) is 20.2 Å². The number of anilines is 1. The highest BCUT2D eigenvalue weighted by Gasteiger charge is 2.14. The summed E-state index contributed by atoms with van der Waals surface area (Å²) >= 11 is 9.73. The van der Waals surface area contributed by atoms with Crippen molar-refractivity contribution in [2.45, 2.75) is 6.92 Å². The van der Waals surface area contributed by atoms with Crippen molar-refractivity contribution in [2.24, 2.45) is 0 Å². The van der Waals surface area contributed by atoms with E-state index in [0.717, 1.165) is 21.3 Å².